The molecule has 0 aliphatic carbocycles. The van der Waals surface area contributed by atoms with Crippen LogP contribution in [0.4, 0.5) is 0 Å². The second kappa shape index (κ2) is 5.69. The Morgan fingerprint density at radius 1 is 1.35 bits per heavy atom. The highest BCUT2D eigenvalue weighted by molar-refractivity contribution is 5.82. The minimum atomic E-state index is -0.422. The van der Waals surface area contributed by atoms with Crippen LogP contribution in [0.15, 0.2) is 42.9 Å². The van der Waals surface area contributed by atoms with Crippen LogP contribution in [0.1, 0.15) is 11.3 Å². The molecule has 0 fully saturated rings. The third kappa shape index (κ3) is 2.77. The standard InChI is InChI=1S/C15H15N3O2/c19-15(18-6-5-12-10-16-7-8-17-12)14-9-11-3-1-2-4-13(11)20-14/h1-4,7-8,10,14H,5-6,9H2,(H,18,19)/t14-/m0/s1. The van der Waals surface area contributed by atoms with Gasteiger partial charge in [-0.05, 0) is 11.6 Å². The van der Waals surface area contributed by atoms with Gasteiger partial charge in [0.2, 0.25) is 0 Å². The summed E-state index contributed by atoms with van der Waals surface area (Å²) >= 11 is 0. The van der Waals surface area contributed by atoms with Crippen LogP contribution in [0.25, 0.3) is 0 Å². The maximum atomic E-state index is 12.0. The predicted molar refractivity (Wildman–Crippen MR) is 73.3 cm³/mol. The van der Waals surface area contributed by atoms with Crippen molar-refractivity contribution < 1.29 is 9.53 Å². The second-order valence-corrected chi connectivity index (χ2v) is 4.66. The highest BCUT2D eigenvalue weighted by atomic mass is 16.5. The predicted octanol–water partition coefficient (Wildman–Crippen LogP) is 1.14. The third-order valence-electron chi connectivity index (χ3n) is 3.24. The Kier molecular flexibility index (Phi) is 3.58. The first-order valence-electron chi connectivity index (χ1n) is 6.60. The molecule has 0 unspecified atom stereocenters. The van der Waals surface area contributed by atoms with Gasteiger partial charge in [0.15, 0.2) is 6.10 Å². The molecule has 1 aromatic heterocycles. The lowest BCUT2D eigenvalue weighted by atomic mass is 10.1. The first-order chi connectivity index (χ1) is 9.83. The van der Waals surface area contributed by atoms with E-state index in [1.165, 1.54) is 0 Å². The molecule has 20 heavy (non-hydrogen) atoms. The zero-order chi connectivity index (χ0) is 13.8. The Bertz CT molecular complexity index is 576. The molecule has 1 N–H and O–H groups in total. The SMILES string of the molecule is O=C(NCCc1cnccn1)[C@@H]1Cc2ccccc2O1. The number of hydrogen-bond acceptors (Lipinski definition) is 4. The van der Waals surface area contributed by atoms with Gasteiger partial charge in [0, 0.05) is 38.0 Å². The zero-order valence-corrected chi connectivity index (χ0v) is 11.0. The number of ether oxygens (including phenoxy) is 1. The van der Waals surface area contributed by atoms with Gasteiger partial charge in [0.05, 0.1) is 5.69 Å². The van der Waals surface area contributed by atoms with E-state index < -0.39 is 6.10 Å². The molecule has 1 atom stereocenters. The number of aromatic nitrogens is 2. The van der Waals surface area contributed by atoms with E-state index in [4.69, 9.17) is 4.74 Å². The number of hydrogen-bond donors (Lipinski definition) is 1. The first kappa shape index (κ1) is 12.6. The monoisotopic (exact) mass is 269 g/mol. The maximum Gasteiger partial charge on any atom is 0.261 e. The fraction of sp³-hybridized carbons (Fsp3) is 0.267. The number of benzene rings is 1. The molecule has 3 rings (SSSR count). The quantitative estimate of drug-likeness (QED) is 0.904. The van der Waals surface area contributed by atoms with Crippen LogP contribution in [0.3, 0.4) is 0 Å². The number of nitrogens with one attached hydrogen (secondary N) is 1. The number of fused-ring (bicyclic) bond motifs is 1. The Hall–Kier alpha value is -2.43. The molecule has 5 nitrogen and oxygen atoms in total. The summed E-state index contributed by atoms with van der Waals surface area (Å²) in [5, 5.41) is 2.88. The zero-order valence-electron chi connectivity index (χ0n) is 11.0. The van der Waals surface area contributed by atoms with Gasteiger partial charge in [-0.1, -0.05) is 18.2 Å². The van der Waals surface area contributed by atoms with Crippen LogP contribution in [0.5, 0.6) is 5.75 Å². The normalized spacial score (nSPS) is 16.3. The summed E-state index contributed by atoms with van der Waals surface area (Å²) in [6, 6.07) is 7.74. The van der Waals surface area contributed by atoms with Gasteiger partial charge in [0.1, 0.15) is 5.75 Å². The molecule has 102 valence electrons. The van der Waals surface area contributed by atoms with Crippen molar-refractivity contribution in [1.29, 1.82) is 0 Å². The summed E-state index contributed by atoms with van der Waals surface area (Å²) in [6.07, 6.45) is 5.86. The van der Waals surface area contributed by atoms with Crippen molar-refractivity contribution in [1.82, 2.24) is 15.3 Å². The van der Waals surface area contributed by atoms with Crippen molar-refractivity contribution in [3.05, 3.63) is 54.1 Å². The number of para-hydroxylation sites is 1. The highest BCUT2D eigenvalue weighted by Gasteiger charge is 2.28. The Morgan fingerprint density at radius 3 is 3.05 bits per heavy atom. The first-order valence-corrected chi connectivity index (χ1v) is 6.60. The largest absolute Gasteiger partial charge is 0.480 e. The number of amides is 1. The van der Waals surface area contributed by atoms with Crippen LogP contribution in [-0.4, -0.2) is 28.5 Å². The summed E-state index contributed by atoms with van der Waals surface area (Å²) in [5.74, 6) is 0.728. The van der Waals surface area contributed by atoms with Gasteiger partial charge in [0.25, 0.3) is 5.91 Å². The summed E-state index contributed by atoms with van der Waals surface area (Å²) in [4.78, 5) is 20.2. The van der Waals surface area contributed by atoms with Gasteiger partial charge < -0.3 is 10.1 Å². The molecule has 1 aliphatic rings. The number of nitrogens with zero attached hydrogens (tertiary/aromatic N) is 2. The summed E-state index contributed by atoms with van der Waals surface area (Å²) in [7, 11) is 0. The van der Waals surface area contributed by atoms with Crippen molar-refractivity contribution >= 4 is 5.91 Å². The molecular weight excluding hydrogens is 254 g/mol. The molecule has 1 amide bonds. The van der Waals surface area contributed by atoms with Crippen LogP contribution < -0.4 is 10.1 Å². The third-order valence-corrected chi connectivity index (χ3v) is 3.24. The smallest absolute Gasteiger partial charge is 0.261 e. The number of rotatable bonds is 4. The Balaban J connectivity index is 1.49. The van der Waals surface area contributed by atoms with Crippen molar-refractivity contribution in [2.24, 2.45) is 0 Å². The summed E-state index contributed by atoms with van der Waals surface area (Å²) < 4.78 is 5.63. The van der Waals surface area contributed by atoms with E-state index >= 15 is 0 Å². The van der Waals surface area contributed by atoms with Crippen LogP contribution in [0.2, 0.25) is 0 Å². The Morgan fingerprint density at radius 2 is 2.25 bits per heavy atom. The number of carbonyl (C=O) groups excluding carboxylic acids is 1. The molecule has 2 aromatic rings. The average Bonchev–Trinajstić information content (AvgIpc) is 2.92. The van der Waals surface area contributed by atoms with E-state index in [2.05, 4.69) is 15.3 Å². The maximum absolute atomic E-state index is 12.0. The van der Waals surface area contributed by atoms with Crippen molar-refractivity contribution in [3.8, 4) is 5.75 Å². The van der Waals surface area contributed by atoms with Crippen LogP contribution >= 0.6 is 0 Å². The summed E-state index contributed by atoms with van der Waals surface area (Å²) in [6.45, 7) is 0.535. The highest BCUT2D eigenvalue weighted by Crippen LogP contribution is 2.27. The molecule has 0 bridgehead atoms. The van der Waals surface area contributed by atoms with E-state index in [0.29, 0.717) is 19.4 Å². The average molecular weight is 269 g/mol. The molecular formula is C15H15N3O2. The minimum absolute atomic E-state index is 0.0786. The molecule has 0 saturated heterocycles. The number of carbonyl (C=O) groups is 1. The lowest BCUT2D eigenvalue weighted by Crippen LogP contribution is -2.38. The minimum Gasteiger partial charge on any atom is -0.480 e. The molecule has 5 heteroatoms. The summed E-state index contributed by atoms with van der Waals surface area (Å²) in [5.41, 5.74) is 1.95. The molecule has 0 radical (unpaired) electrons. The van der Waals surface area contributed by atoms with Crippen LogP contribution in [-0.2, 0) is 17.6 Å². The molecule has 1 aromatic carbocycles. The second-order valence-electron chi connectivity index (χ2n) is 4.66. The molecule has 1 aliphatic heterocycles. The van der Waals surface area contributed by atoms with Crippen molar-refractivity contribution in [2.75, 3.05) is 6.54 Å². The fourth-order valence-corrected chi connectivity index (χ4v) is 2.21. The van der Waals surface area contributed by atoms with E-state index in [-0.39, 0.29) is 5.91 Å². The molecule has 2 heterocycles. The lowest BCUT2D eigenvalue weighted by molar-refractivity contribution is -0.127. The van der Waals surface area contributed by atoms with E-state index in [9.17, 15) is 4.79 Å². The van der Waals surface area contributed by atoms with Gasteiger partial charge in [-0.15, -0.1) is 0 Å². The fourth-order valence-electron chi connectivity index (χ4n) is 2.21. The molecule has 0 spiro atoms. The van der Waals surface area contributed by atoms with Crippen molar-refractivity contribution in [2.45, 2.75) is 18.9 Å². The lowest BCUT2D eigenvalue weighted by Gasteiger charge is -2.11. The van der Waals surface area contributed by atoms with Crippen LogP contribution in [0, 0.1) is 0 Å². The topological polar surface area (TPSA) is 64.1 Å². The van der Waals surface area contributed by atoms with Gasteiger partial charge in [-0.3, -0.25) is 14.8 Å². The van der Waals surface area contributed by atoms with E-state index in [1.807, 2.05) is 24.3 Å². The Labute approximate surface area is 117 Å². The van der Waals surface area contributed by atoms with Gasteiger partial charge in [-0.2, -0.15) is 0 Å². The van der Waals surface area contributed by atoms with E-state index in [1.54, 1.807) is 18.6 Å². The van der Waals surface area contributed by atoms with Crippen molar-refractivity contribution in [3.63, 3.8) is 0 Å². The van der Waals surface area contributed by atoms with E-state index in [0.717, 1.165) is 17.0 Å². The molecule has 0 saturated carbocycles. The van der Waals surface area contributed by atoms with Gasteiger partial charge >= 0.3 is 0 Å². The van der Waals surface area contributed by atoms with Gasteiger partial charge in [-0.25, -0.2) is 0 Å².